The van der Waals surface area contributed by atoms with Crippen molar-refractivity contribution in [2.24, 2.45) is 5.92 Å². The molecule has 1 aliphatic heterocycles. The minimum absolute atomic E-state index is 0.0724. The quantitative estimate of drug-likeness (QED) is 0.678. The third-order valence-electron chi connectivity index (χ3n) is 2.93. The molecule has 0 amide bonds. The number of hydrogen-bond acceptors (Lipinski definition) is 3. The van der Waals surface area contributed by atoms with Crippen LogP contribution < -0.4 is 0 Å². The summed E-state index contributed by atoms with van der Waals surface area (Å²) in [4.78, 5) is 11.5. The van der Waals surface area contributed by atoms with Gasteiger partial charge in [0.25, 0.3) is 0 Å². The Morgan fingerprint density at radius 1 is 1.65 bits per heavy atom. The van der Waals surface area contributed by atoms with Crippen LogP contribution in [0.4, 0.5) is 0 Å². The van der Waals surface area contributed by atoms with Gasteiger partial charge in [0.15, 0.2) is 0 Å². The molecule has 0 N–H and O–H groups in total. The van der Waals surface area contributed by atoms with E-state index in [0.717, 1.165) is 12.2 Å². The smallest absolute Gasteiger partial charge is 0.216 e. The number of carbonyl (C=O) groups is 1. The van der Waals surface area contributed by atoms with Crippen molar-refractivity contribution < 1.29 is 9.53 Å². The molecule has 2 nitrogen and oxygen atoms in total. The van der Waals surface area contributed by atoms with Crippen molar-refractivity contribution in [3.63, 3.8) is 0 Å². The highest BCUT2D eigenvalue weighted by molar-refractivity contribution is 8.15. The van der Waals surface area contributed by atoms with Crippen LogP contribution in [-0.2, 0) is 9.53 Å². The highest BCUT2D eigenvalue weighted by atomic mass is 32.2. The number of terminal acetylenes is 1. The van der Waals surface area contributed by atoms with Gasteiger partial charge in [-0.3, -0.25) is 4.79 Å². The first-order valence-corrected chi connectivity index (χ1v) is 6.85. The Morgan fingerprint density at radius 2 is 2.35 bits per heavy atom. The average molecular weight is 252 g/mol. The van der Waals surface area contributed by atoms with E-state index in [9.17, 15) is 4.79 Å². The predicted molar refractivity (Wildman–Crippen MR) is 72.6 cm³/mol. The van der Waals surface area contributed by atoms with Crippen LogP contribution in [0.1, 0.15) is 40.0 Å². The molecule has 0 spiro atoms. The molecule has 0 aromatic rings. The highest BCUT2D eigenvalue weighted by Crippen LogP contribution is 2.45. The van der Waals surface area contributed by atoms with Crippen LogP contribution in [-0.4, -0.2) is 16.5 Å². The van der Waals surface area contributed by atoms with Crippen molar-refractivity contribution in [1.29, 1.82) is 0 Å². The fourth-order valence-corrected chi connectivity index (χ4v) is 3.47. The second kappa shape index (κ2) is 6.16. The molecule has 0 aromatic carbocycles. The monoisotopic (exact) mass is 252 g/mol. The van der Waals surface area contributed by atoms with Gasteiger partial charge in [0.05, 0.1) is 4.75 Å². The lowest BCUT2D eigenvalue weighted by Gasteiger charge is -2.28. The first kappa shape index (κ1) is 14.2. The molecule has 1 rings (SSSR count). The van der Waals surface area contributed by atoms with E-state index in [4.69, 9.17) is 11.2 Å². The Morgan fingerprint density at radius 3 is 2.94 bits per heavy atom. The Balaban J connectivity index is 2.69. The Bertz CT molecular complexity index is 354. The van der Waals surface area contributed by atoms with Crippen molar-refractivity contribution in [3.05, 3.63) is 11.8 Å². The second-order valence-corrected chi connectivity index (χ2v) is 6.26. The standard InChI is InChI=1S/C14H20O2S/c1-5-7-11(3)10-14(4)12(16-8-6-2)9-13(15)17-14/h2,9,11H,5,7-8,10H2,1,3-4H3/t11?,14-/m1/s1. The maximum absolute atomic E-state index is 11.5. The van der Waals surface area contributed by atoms with Crippen molar-refractivity contribution >= 4 is 16.9 Å². The van der Waals surface area contributed by atoms with Gasteiger partial charge in [0.1, 0.15) is 12.4 Å². The molecule has 94 valence electrons. The van der Waals surface area contributed by atoms with E-state index in [1.807, 2.05) is 0 Å². The maximum Gasteiger partial charge on any atom is 0.216 e. The van der Waals surface area contributed by atoms with Crippen LogP contribution in [0.25, 0.3) is 0 Å². The number of carbonyl (C=O) groups excluding carboxylic acids is 1. The molecule has 17 heavy (non-hydrogen) atoms. The molecule has 0 bridgehead atoms. The Kier molecular flexibility index (Phi) is 5.14. The van der Waals surface area contributed by atoms with Gasteiger partial charge in [-0.1, -0.05) is 44.4 Å². The fourth-order valence-electron chi connectivity index (χ4n) is 2.28. The number of thioether (sulfide) groups is 1. The molecular formula is C14H20O2S. The topological polar surface area (TPSA) is 26.3 Å². The Hall–Kier alpha value is -0.880. The zero-order valence-corrected chi connectivity index (χ0v) is 11.6. The normalized spacial score (nSPS) is 25.3. The molecule has 3 heteroatoms. The lowest BCUT2D eigenvalue weighted by Crippen LogP contribution is -2.25. The van der Waals surface area contributed by atoms with E-state index in [0.29, 0.717) is 5.92 Å². The van der Waals surface area contributed by atoms with Gasteiger partial charge >= 0.3 is 0 Å². The van der Waals surface area contributed by atoms with Crippen molar-refractivity contribution in [3.8, 4) is 12.3 Å². The highest BCUT2D eigenvalue weighted by Gasteiger charge is 2.40. The summed E-state index contributed by atoms with van der Waals surface area (Å²) in [6, 6.07) is 0. The molecule has 0 saturated carbocycles. The van der Waals surface area contributed by atoms with E-state index in [1.165, 1.54) is 24.6 Å². The summed E-state index contributed by atoms with van der Waals surface area (Å²) in [6.07, 6.45) is 10.1. The summed E-state index contributed by atoms with van der Waals surface area (Å²) in [5.41, 5.74) is 0. The van der Waals surface area contributed by atoms with Crippen molar-refractivity contribution in [2.45, 2.75) is 44.8 Å². The Labute approximate surface area is 108 Å². The summed E-state index contributed by atoms with van der Waals surface area (Å²) in [5.74, 6) is 3.77. The van der Waals surface area contributed by atoms with E-state index in [-0.39, 0.29) is 16.5 Å². The van der Waals surface area contributed by atoms with Gasteiger partial charge in [0.2, 0.25) is 5.12 Å². The zero-order valence-electron chi connectivity index (χ0n) is 10.8. The van der Waals surface area contributed by atoms with E-state index < -0.39 is 0 Å². The first-order valence-electron chi connectivity index (χ1n) is 6.03. The summed E-state index contributed by atoms with van der Waals surface area (Å²) in [7, 11) is 0. The molecule has 2 atom stereocenters. The van der Waals surface area contributed by atoms with E-state index >= 15 is 0 Å². The van der Waals surface area contributed by atoms with Crippen LogP contribution in [0.3, 0.4) is 0 Å². The van der Waals surface area contributed by atoms with Crippen molar-refractivity contribution in [2.75, 3.05) is 6.61 Å². The van der Waals surface area contributed by atoms with Crippen LogP contribution in [0.5, 0.6) is 0 Å². The lowest BCUT2D eigenvalue weighted by atomic mass is 9.91. The SMILES string of the molecule is C#CCOC1=CC(=O)S[C@]1(C)CC(C)CCC. The summed E-state index contributed by atoms with van der Waals surface area (Å²) in [5, 5.41) is 0.0724. The molecule has 1 unspecified atom stereocenters. The van der Waals surface area contributed by atoms with Gasteiger partial charge in [-0.15, -0.1) is 6.42 Å². The molecule has 0 radical (unpaired) electrons. The predicted octanol–water partition coefficient (Wildman–Crippen LogP) is 3.38. The minimum Gasteiger partial charge on any atom is -0.484 e. The summed E-state index contributed by atoms with van der Waals surface area (Å²) in [6.45, 7) is 6.70. The third kappa shape index (κ3) is 3.81. The van der Waals surface area contributed by atoms with Crippen LogP contribution >= 0.6 is 11.8 Å². The largest absolute Gasteiger partial charge is 0.484 e. The van der Waals surface area contributed by atoms with Crippen molar-refractivity contribution in [1.82, 2.24) is 0 Å². The number of hydrogen-bond donors (Lipinski definition) is 0. The van der Waals surface area contributed by atoms with Gasteiger partial charge in [-0.05, 0) is 19.3 Å². The molecule has 1 heterocycles. The molecule has 1 aliphatic rings. The lowest BCUT2D eigenvalue weighted by molar-refractivity contribution is -0.107. The minimum atomic E-state index is -0.234. The van der Waals surface area contributed by atoms with Crippen LogP contribution in [0.2, 0.25) is 0 Å². The summed E-state index contributed by atoms with van der Waals surface area (Å²) < 4.78 is 5.27. The molecule has 0 fully saturated rings. The van der Waals surface area contributed by atoms with E-state index in [1.54, 1.807) is 6.08 Å². The zero-order chi connectivity index (χ0) is 12.9. The third-order valence-corrected chi connectivity index (χ3v) is 4.06. The molecule has 0 saturated heterocycles. The van der Waals surface area contributed by atoms with Gasteiger partial charge in [0, 0.05) is 6.08 Å². The summed E-state index contributed by atoms with van der Waals surface area (Å²) >= 11 is 1.36. The fraction of sp³-hybridized carbons (Fsp3) is 0.643. The molecule has 0 aromatic heterocycles. The second-order valence-electron chi connectivity index (χ2n) is 4.75. The average Bonchev–Trinajstić information content (AvgIpc) is 2.50. The first-order chi connectivity index (χ1) is 8.01. The van der Waals surface area contributed by atoms with Gasteiger partial charge in [-0.25, -0.2) is 0 Å². The van der Waals surface area contributed by atoms with Crippen LogP contribution in [0.15, 0.2) is 11.8 Å². The number of rotatable bonds is 6. The molecule has 0 aliphatic carbocycles. The van der Waals surface area contributed by atoms with Gasteiger partial charge < -0.3 is 4.74 Å². The van der Waals surface area contributed by atoms with E-state index in [2.05, 4.69) is 26.7 Å². The molecular weight excluding hydrogens is 232 g/mol. The van der Waals surface area contributed by atoms with Crippen LogP contribution in [0, 0.1) is 18.3 Å². The maximum atomic E-state index is 11.5. The van der Waals surface area contributed by atoms with Gasteiger partial charge in [-0.2, -0.15) is 0 Å². The number of ether oxygens (including phenoxy) is 1.